The van der Waals surface area contributed by atoms with Crippen molar-refractivity contribution in [2.45, 2.75) is 49.2 Å². The van der Waals surface area contributed by atoms with Crippen LogP contribution in [0.3, 0.4) is 0 Å². The van der Waals surface area contributed by atoms with Crippen molar-refractivity contribution in [1.29, 1.82) is 0 Å². The molecule has 1 aliphatic rings. The molecule has 4 nitrogen and oxygen atoms in total. The molecule has 2 rings (SSSR count). The molecule has 21 heavy (non-hydrogen) atoms. The van der Waals surface area contributed by atoms with Crippen LogP contribution in [0.1, 0.15) is 49.4 Å². The molecule has 2 atom stereocenters. The summed E-state index contributed by atoms with van der Waals surface area (Å²) in [5, 5.41) is 8.65. The molecule has 1 aliphatic carbocycles. The van der Waals surface area contributed by atoms with Crippen LogP contribution in [0, 0.1) is 5.92 Å². The van der Waals surface area contributed by atoms with E-state index in [9.17, 15) is 13.2 Å². The minimum absolute atomic E-state index is 0.0502. The van der Waals surface area contributed by atoms with Crippen molar-refractivity contribution in [3.8, 4) is 0 Å². The average molecular weight is 331 g/mol. The van der Waals surface area contributed by atoms with Gasteiger partial charge in [0, 0.05) is 0 Å². The summed E-state index contributed by atoms with van der Waals surface area (Å²) in [5.74, 6) is -0.738. The van der Waals surface area contributed by atoms with Gasteiger partial charge in [0.05, 0.1) is 20.7 Å². The summed E-state index contributed by atoms with van der Waals surface area (Å²) in [6.45, 7) is 2.07. The lowest BCUT2D eigenvalue weighted by Crippen LogP contribution is -2.28. The Hall–Kier alpha value is -1.07. The molecule has 0 spiro atoms. The number of sulfone groups is 1. The third kappa shape index (κ3) is 3.40. The lowest BCUT2D eigenvalue weighted by molar-refractivity contribution is 0.0696. The van der Waals surface area contributed by atoms with Crippen molar-refractivity contribution in [3.63, 3.8) is 0 Å². The monoisotopic (exact) mass is 330 g/mol. The van der Waals surface area contributed by atoms with Crippen LogP contribution in [0.25, 0.3) is 0 Å². The maximum atomic E-state index is 12.8. The van der Waals surface area contributed by atoms with Gasteiger partial charge in [0.2, 0.25) is 0 Å². The number of aromatic carboxylic acids is 1. The second-order valence-corrected chi connectivity index (χ2v) is 8.16. The molecule has 0 aromatic heterocycles. The molecule has 1 aromatic rings. The van der Waals surface area contributed by atoms with Gasteiger partial charge in [-0.25, -0.2) is 13.2 Å². The SMILES string of the molecule is CCC1CCCC(S(=O)(=O)c2cc(C(=O)O)ccc2Cl)C1. The Morgan fingerprint density at radius 1 is 1.38 bits per heavy atom. The Morgan fingerprint density at radius 3 is 2.71 bits per heavy atom. The van der Waals surface area contributed by atoms with Crippen LogP contribution < -0.4 is 0 Å². The van der Waals surface area contributed by atoms with Gasteiger partial charge < -0.3 is 5.11 Å². The van der Waals surface area contributed by atoms with Gasteiger partial charge in [-0.15, -0.1) is 0 Å². The van der Waals surface area contributed by atoms with Gasteiger partial charge in [0.25, 0.3) is 0 Å². The molecule has 0 radical (unpaired) electrons. The Bertz CT molecular complexity index is 639. The molecule has 0 aliphatic heterocycles. The molecule has 0 heterocycles. The van der Waals surface area contributed by atoms with E-state index in [1.165, 1.54) is 18.2 Å². The van der Waals surface area contributed by atoms with Crippen molar-refractivity contribution in [2.75, 3.05) is 0 Å². The predicted octanol–water partition coefficient (Wildman–Crippen LogP) is 3.78. The van der Waals surface area contributed by atoms with Gasteiger partial charge in [0.15, 0.2) is 9.84 Å². The summed E-state index contributed by atoms with van der Waals surface area (Å²) in [4.78, 5) is 11.0. The minimum atomic E-state index is -3.59. The van der Waals surface area contributed by atoms with Gasteiger partial charge in [0.1, 0.15) is 0 Å². The lowest BCUT2D eigenvalue weighted by atomic mass is 9.87. The van der Waals surface area contributed by atoms with Crippen molar-refractivity contribution >= 4 is 27.4 Å². The number of rotatable bonds is 4. The van der Waals surface area contributed by atoms with E-state index in [4.69, 9.17) is 16.7 Å². The molecule has 1 aromatic carbocycles. The Labute approximate surface area is 130 Å². The van der Waals surface area contributed by atoms with E-state index in [1.54, 1.807) is 0 Å². The van der Waals surface area contributed by atoms with E-state index in [0.29, 0.717) is 18.8 Å². The summed E-state index contributed by atoms with van der Waals surface area (Å²) in [7, 11) is -3.59. The van der Waals surface area contributed by atoms with Crippen molar-refractivity contribution in [3.05, 3.63) is 28.8 Å². The summed E-state index contributed by atoms with van der Waals surface area (Å²) >= 11 is 6.00. The number of halogens is 1. The molecule has 1 N–H and O–H groups in total. The predicted molar refractivity (Wildman–Crippen MR) is 81.6 cm³/mol. The van der Waals surface area contributed by atoms with Crippen LogP contribution in [-0.2, 0) is 9.84 Å². The van der Waals surface area contributed by atoms with Crippen LogP contribution in [0.15, 0.2) is 23.1 Å². The topological polar surface area (TPSA) is 71.4 Å². The first-order valence-electron chi connectivity index (χ1n) is 7.13. The van der Waals surface area contributed by atoms with E-state index in [0.717, 1.165) is 19.3 Å². The van der Waals surface area contributed by atoms with Crippen LogP contribution >= 0.6 is 11.6 Å². The first-order chi connectivity index (χ1) is 9.86. The first kappa shape index (κ1) is 16.3. The number of benzene rings is 1. The molecular weight excluding hydrogens is 312 g/mol. The highest BCUT2D eigenvalue weighted by atomic mass is 35.5. The zero-order valence-corrected chi connectivity index (χ0v) is 13.5. The molecule has 1 fully saturated rings. The third-order valence-electron chi connectivity index (χ3n) is 4.24. The molecule has 0 saturated heterocycles. The van der Waals surface area contributed by atoms with E-state index in [2.05, 4.69) is 6.92 Å². The fourth-order valence-electron chi connectivity index (χ4n) is 2.93. The lowest BCUT2D eigenvalue weighted by Gasteiger charge is -2.28. The third-order valence-corrected chi connectivity index (χ3v) is 6.93. The normalized spacial score (nSPS) is 23.0. The second-order valence-electron chi connectivity index (χ2n) is 5.56. The molecule has 116 valence electrons. The largest absolute Gasteiger partial charge is 0.478 e. The van der Waals surface area contributed by atoms with Gasteiger partial charge in [-0.2, -0.15) is 0 Å². The van der Waals surface area contributed by atoms with Crippen LogP contribution in [0.2, 0.25) is 5.02 Å². The Kier molecular flexibility index (Phi) is 4.94. The number of carbonyl (C=O) groups is 1. The number of carboxylic acid groups (broad SMARTS) is 1. The Morgan fingerprint density at radius 2 is 2.10 bits per heavy atom. The molecule has 0 bridgehead atoms. The van der Waals surface area contributed by atoms with E-state index in [-0.39, 0.29) is 15.5 Å². The Balaban J connectivity index is 2.39. The van der Waals surface area contributed by atoms with Gasteiger partial charge >= 0.3 is 5.97 Å². The highest BCUT2D eigenvalue weighted by molar-refractivity contribution is 7.92. The fourth-order valence-corrected chi connectivity index (χ4v) is 5.36. The van der Waals surface area contributed by atoms with Crippen molar-refractivity contribution in [2.24, 2.45) is 5.92 Å². The zero-order valence-electron chi connectivity index (χ0n) is 11.9. The molecule has 2 unspecified atom stereocenters. The van der Waals surface area contributed by atoms with E-state index >= 15 is 0 Å². The maximum Gasteiger partial charge on any atom is 0.335 e. The molecular formula is C15H19ClO4S. The van der Waals surface area contributed by atoms with Crippen LogP contribution in [0.5, 0.6) is 0 Å². The maximum absolute atomic E-state index is 12.8. The standard InChI is InChI=1S/C15H19ClO4S/c1-2-10-4-3-5-12(8-10)21(19,20)14-9-11(15(17)18)6-7-13(14)16/h6-7,9-10,12H,2-5,8H2,1H3,(H,17,18). The van der Waals surface area contributed by atoms with E-state index in [1.807, 2.05) is 0 Å². The zero-order chi connectivity index (χ0) is 15.6. The van der Waals surface area contributed by atoms with Gasteiger partial charge in [-0.3, -0.25) is 0 Å². The van der Waals surface area contributed by atoms with Crippen molar-refractivity contribution < 1.29 is 18.3 Å². The highest BCUT2D eigenvalue weighted by Crippen LogP contribution is 2.35. The summed E-state index contributed by atoms with van der Waals surface area (Å²) in [6, 6.07) is 3.84. The van der Waals surface area contributed by atoms with Crippen LogP contribution in [0.4, 0.5) is 0 Å². The smallest absolute Gasteiger partial charge is 0.335 e. The molecule has 6 heteroatoms. The van der Waals surface area contributed by atoms with Crippen molar-refractivity contribution in [1.82, 2.24) is 0 Å². The second kappa shape index (κ2) is 6.36. The van der Waals surface area contributed by atoms with Gasteiger partial charge in [-0.1, -0.05) is 37.8 Å². The fraction of sp³-hybridized carbons (Fsp3) is 0.533. The molecule has 0 amide bonds. The number of hydrogen-bond acceptors (Lipinski definition) is 3. The number of carboxylic acids is 1. The van der Waals surface area contributed by atoms with Crippen LogP contribution in [-0.4, -0.2) is 24.7 Å². The van der Waals surface area contributed by atoms with Gasteiger partial charge in [-0.05, 0) is 37.0 Å². The van der Waals surface area contributed by atoms with E-state index < -0.39 is 21.1 Å². The summed E-state index contributed by atoms with van der Waals surface area (Å²) in [6.07, 6.45) is 4.16. The average Bonchev–Trinajstić information content (AvgIpc) is 2.47. The quantitative estimate of drug-likeness (QED) is 0.911. The number of hydrogen-bond donors (Lipinski definition) is 1. The minimum Gasteiger partial charge on any atom is -0.478 e. The molecule has 1 saturated carbocycles. The highest BCUT2D eigenvalue weighted by Gasteiger charge is 2.34. The summed E-state index contributed by atoms with van der Waals surface area (Å²) < 4.78 is 25.5. The summed E-state index contributed by atoms with van der Waals surface area (Å²) in [5.41, 5.74) is -0.0548. The first-order valence-corrected chi connectivity index (χ1v) is 9.05.